The summed E-state index contributed by atoms with van der Waals surface area (Å²) in [5, 5.41) is 2.79. The van der Waals surface area contributed by atoms with Crippen LogP contribution in [0.3, 0.4) is 0 Å². The standard InChI is InChI=1S/C13H18BrN3O2/c1-16(2)12(18)5-6-15-13(19)11-7-9(14)8-17(11)10-3-4-10/h7-8,10H,3-6H2,1-2H3,(H,15,19). The van der Waals surface area contributed by atoms with Crippen LogP contribution in [-0.2, 0) is 4.79 Å². The van der Waals surface area contributed by atoms with Gasteiger partial charge in [-0.3, -0.25) is 9.59 Å². The van der Waals surface area contributed by atoms with Crippen LogP contribution in [0.15, 0.2) is 16.7 Å². The molecule has 0 saturated heterocycles. The Morgan fingerprint density at radius 3 is 2.74 bits per heavy atom. The summed E-state index contributed by atoms with van der Waals surface area (Å²) in [4.78, 5) is 25.0. The van der Waals surface area contributed by atoms with Crippen LogP contribution in [0.1, 0.15) is 35.8 Å². The van der Waals surface area contributed by atoms with Crippen LogP contribution in [0, 0.1) is 0 Å². The second kappa shape index (κ2) is 5.77. The van der Waals surface area contributed by atoms with Gasteiger partial charge in [-0.05, 0) is 34.8 Å². The maximum absolute atomic E-state index is 12.1. The molecule has 1 aliphatic carbocycles. The molecule has 1 fully saturated rings. The van der Waals surface area contributed by atoms with Crippen LogP contribution in [0.2, 0.25) is 0 Å². The number of hydrogen-bond acceptors (Lipinski definition) is 2. The first-order valence-corrected chi connectivity index (χ1v) is 7.14. The van der Waals surface area contributed by atoms with Gasteiger partial charge in [-0.25, -0.2) is 0 Å². The summed E-state index contributed by atoms with van der Waals surface area (Å²) in [6.45, 7) is 0.364. The molecule has 1 N–H and O–H groups in total. The summed E-state index contributed by atoms with van der Waals surface area (Å²) >= 11 is 3.40. The molecule has 0 spiro atoms. The van der Waals surface area contributed by atoms with Crippen molar-refractivity contribution in [3.63, 3.8) is 0 Å². The molecule has 0 radical (unpaired) electrons. The number of nitrogens with one attached hydrogen (secondary N) is 1. The minimum absolute atomic E-state index is 0.0130. The summed E-state index contributed by atoms with van der Waals surface area (Å²) in [5.74, 6) is -0.108. The molecule has 104 valence electrons. The molecule has 2 amide bonds. The number of amides is 2. The van der Waals surface area contributed by atoms with Crippen molar-refractivity contribution in [2.75, 3.05) is 20.6 Å². The summed E-state index contributed by atoms with van der Waals surface area (Å²) in [7, 11) is 3.42. The fraction of sp³-hybridized carbons (Fsp3) is 0.538. The van der Waals surface area contributed by atoms with E-state index in [1.807, 2.05) is 16.8 Å². The van der Waals surface area contributed by atoms with Gasteiger partial charge in [-0.15, -0.1) is 0 Å². The van der Waals surface area contributed by atoms with Crippen molar-refractivity contribution >= 4 is 27.7 Å². The third kappa shape index (κ3) is 3.59. The van der Waals surface area contributed by atoms with Gasteiger partial charge in [0.15, 0.2) is 0 Å². The van der Waals surface area contributed by atoms with E-state index in [1.165, 1.54) is 4.90 Å². The third-order valence-corrected chi connectivity index (χ3v) is 3.54. The summed E-state index contributed by atoms with van der Waals surface area (Å²) in [5.41, 5.74) is 0.659. The number of halogens is 1. The molecule has 1 heterocycles. The van der Waals surface area contributed by atoms with E-state index < -0.39 is 0 Å². The largest absolute Gasteiger partial charge is 0.350 e. The van der Waals surface area contributed by atoms with E-state index in [4.69, 9.17) is 0 Å². The Morgan fingerprint density at radius 1 is 1.47 bits per heavy atom. The van der Waals surface area contributed by atoms with E-state index >= 15 is 0 Å². The van der Waals surface area contributed by atoms with E-state index in [2.05, 4.69) is 21.2 Å². The lowest BCUT2D eigenvalue weighted by Crippen LogP contribution is -2.31. The van der Waals surface area contributed by atoms with Gasteiger partial charge >= 0.3 is 0 Å². The summed E-state index contributed by atoms with van der Waals surface area (Å²) in [6, 6.07) is 2.27. The highest BCUT2D eigenvalue weighted by Crippen LogP contribution is 2.37. The topological polar surface area (TPSA) is 54.3 Å². The van der Waals surface area contributed by atoms with Gasteiger partial charge in [0.05, 0.1) is 0 Å². The Labute approximate surface area is 121 Å². The number of rotatable bonds is 5. The van der Waals surface area contributed by atoms with E-state index in [1.54, 1.807) is 14.1 Å². The zero-order chi connectivity index (χ0) is 14.0. The summed E-state index contributed by atoms with van der Waals surface area (Å²) in [6.07, 6.45) is 4.52. The van der Waals surface area contributed by atoms with E-state index in [0.717, 1.165) is 17.3 Å². The Hall–Kier alpha value is -1.30. The highest BCUT2D eigenvalue weighted by molar-refractivity contribution is 9.10. The number of aromatic nitrogens is 1. The SMILES string of the molecule is CN(C)C(=O)CCNC(=O)c1cc(Br)cn1C1CC1. The average Bonchev–Trinajstić information content (AvgIpc) is 3.12. The average molecular weight is 328 g/mol. The Balaban J connectivity index is 1.91. The number of hydrogen-bond donors (Lipinski definition) is 1. The van der Waals surface area contributed by atoms with Crippen molar-refractivity contribution in [2.45, 2.75) is 25.3 Å². The van der Waals surface area contributed by atoms with Crippen molar-refractivity contribution in [3.8, 4) is 0 Å². The smallest absolute Gasteiger partial charge is 0.267 e. The molecule has 0 aliphatic heterocycles. The molecule has 0 unspecified atom stereocenters. The molecule has 0 bridgehead atoms. The van der Waals surface area contributed by atoms with Crippen LogP contribution < -0.4 is 5.32 Å². The highest BCUT2D eigenvalue weighted by atomic mass is 79.9. The van der Waals surface area contributed by atoms with Crippen LogP contribution >= 0.6 is 15.9 Å². The fourth-order valence-electron chi connectivity index (χ4n) is 1.88. The monoisotopic (exact) mass is 327 g/mol. The second-order valence-corrected chi connectivity index (χ2v) is 5.89. The van der Waals surface area contributed by atoms with Crippen molar-refractivity contribution in [1.82, 2.24) is 14.8 Å². The Bertz CT molecular complexity index is 492. The van der Waals surface area contributed by atoms with E-state index in [-0.39, 0.29) is 11.8 Å². The van der Waals surface area contributed by atoms with Crippen molar-refractivity contribution in [2.24, 2.45) is 0 Å². The first kappa shape index (κ1) is 14.1. The molecule has 19 heavy (non-hydrogen) atoms. The van der Waals surface area contributed by atoms with Crippen LogP contribution in [0.5, 0.6) is 0 Å². The number of carbonyl (C=O) groups excluding carboxylic acids is 2. The van der Waals surface area contributed by atoms with Gasteiger partial charge in [0.1, 0.15) is 5.69 Å². The fourth-order valence-corrected chi connectivity index (χ4v) is 2.32. The maximum Gasteiger partial charge on any atom is 0.267 e. The van der Waals surface area contributed by atoms with Gasteiger partial charge in [0.2, 0.25) is 5.91 Å². The minimum Gasteiger partial charge on any atom is -0.350 e. The lowest BCUT2D eigenvalue weighted by Gasteiger charge is -2.11. The Kier molecular flexibility index (Phi) is 4.29. The number of nitrogens with zero attached hydrogens (tertiary/aromatic N) is 2. The van der Waals surface area contributed by atoms with Gasteiger partial charge in [-0.1, -0.05) is 0 Å². The molecule has 1 saturated carbocycles. The summed E-state index contributed by atoms with van der Waals surface area (Å²) < 4.78 is 2.92. The van der Waals surface area contributed by atoms with Crippen LogP contribution in [0.25, 0.3) is 0 Å². The molecular formula is C13H18BrN3O2. The van der Waals surface area contributed by atoms with E-state index in [9.17, 15) is 9.59 Å². The first-order chi connectivity index (χ1) is 8.99. The zero-order valence-electron chi connectivity index (χ0n) is 11.1. The molecule has 0 atom stereocenters. The molecule has 2 rings (SSSR count). The Morgan fingerprint density at radius 2 is 2.16 bits per heavy atom. The second-order valence-electron chi connectivity index (χ2n) is 4.98. The molecule has 1 aliphatic rings. The van der Waals surface area contributed by atoms with Crippen LogP contribution in [0.4, 0.5) is 0 Å². The first-order valence-electron chi connectivity index (χ1n) is 6.34. The van der Waals surface area contributed by atoms with Crippen LogP contribution in [-0.4, -0.2) is 41.9 Å². The quantitative estimate of drug-likeness (QED) is 0.896. The van der Waals surface area contributed by atoms with Crippen molar-refractivity contribution in [1.29, 1.82) is 0 Å². The molecule has 0 aromatic carbocycles. The highest BCUT2D eigenvalue weighted by Gasteiger charge is 2.27. The molecule has 6 heteroatoms. The van der Waals surface area contributed by atoms with Gasteiger partial charge in [-0.2, -0.15) is 0 Å². The number of carbonyl (C=O) groups is 2. The lowest BCUT2D eigenvalue weighted by molar-refractivity contribution is -0.128. The predicted molar refractivity (Wildman–Crippen MR) is 76.0 cm³/mol. The van der Waals surface area contributed by atoms with Gasteiger partial charge in [0, 0.05) is 43.8 Å². The van der Waals surface area contributed by atoms with Crippen molar-refractivity contribution < 1.29 is 9.59 Å². The molecule has 1 aromatic rings. The molecule has 5 nitrogen and oxygen atoms in total. The van der Waals surface area contributed by atoms with E-state index in [0.29, 0.717) is 24.7 Å². The predicted octanol–water partition coefficient (Wildman–Crippen LogP) is 1.79. The van der Waals surface area contributed by atoms with Gasteiger partial charge in [0.25, 0.3) is 5.91 Å². The third-order valence-electron chi connectivity index (χ3n) is 3.11. The normalized spacial score (nSPS) is 14.3. The minimum atomic E-state index is -0.121. The van der Waals surface area contributed by atoms with Gasteiger partial charge < -0.3 is 14.8 Å². The maximum atomic E-state index is 12.1. The lowest BCUT2D eigenvalue weighted by atomic mass is 10.3. The van der Waals surface area contributed by atoms with Crippen molar-refractivity contribution in [3.05, 3.63) is 22.4 Å². The zero-order valence-corrected chi connectivity index (χ0v) is 12.7. The molecule has 1 aromatic heterocycles. The molecular weight excluding hydrogens is 310 g/mol.